The number of carbonyl (C=O) groups excluding carboxylic acids is 3. The highest BCUT2D eigenvalue weighted by Crippen LogP contribution is 2.36. The predicted octanol–water partition coefficient (Wildman–Crippen LogP) is 7.12. The summed E-state index contributed by atoms with van der Waals surface area (Å²) in [5, 5.41) is 7.96. The molecule has 0 aliphatic carbocycles. The summed E-state index contributed by atoms with van der Waals surface area (Å²) in [6, 6.07) is 22.0. The van der Waals surface area contributed by atoms with Crippen molar-refractivity contribution in [3.8, 4) is 16.9 Å². The van der Waals surface area contributed by atoms with E-state index in [9.17, 15) is 14.4 Å². The van der Waals surface area contributed by atoms with Crippen LogP contribution in [-0.4, -0.2) is 30.5 Å². The molecule has 0 radical (unpaired) electrons. The normalized spacial score (nSPS) is 11.4. The van der Waals surface area contributed by atoms with Crippen LogP contribution in [-0.2, 0) is 16.0 Å². The van der Waals surface area contributed by atoms with Crippen molar-refractivity contribution in [1.82, 2.24) is 0 Å². The Morgan fingerprint density at radius 1 is 0.875 bits per heavy atom. The van der Waals surface area contributed by atoms with E-state index in [1.807, 2.05) is 60.8 Å². The van der Waals surface area contributed by atoms with Gasteiger partial charge in [-0.3, -0.25) is 9.59 Å². The monoisotopic (exact) mass is 556 g/mol. The molecule has 0 fully saturated rings. The van der Waals surface area contributed by atoms with Crippen molar-refractivity contribution in [3.05, 3.63) is 100 Å². The predicted molar refractivity (Wildman–Crippen MR) is 159 cm³/mol. The zero-order valence-corrected chi connectivity index (χ0v) is 23.8. The number of rotatable bonds is 10. The fourth-order valence-corrected chi connectivity index (χ4v) is 4.94. The topological polar surface area (TPSA) is 93.7 Å². The molecule has 0 bridgehead atoms. The van der Waals surface area contributed by atoms with E-state index in [0.29, 0.717) is 33.1 Å². The lowest BCUT2D eigenvalue weighted by atomic mass is 10.0. The molecule has 2 N–H and O–H groups in total. The molecule has 0 saturated heterocycles. The number of carbonyl (C=O) groups is 3. The van der Waals surface area contributed by atoms with Gasteiger partial charge in [0.15, 0.2) is 6.10 Å². The molecule has 7 nitrogen and oxygen atoms in total. The lowest BCUT2D eigenvalue weighted by molar-refractivity contribution is -0.122. The molecule has 3 aromatic carbocycles. The zero-order chi connectivity index (χ0) is 28.6. The molecule has 4 rings (SSSR count). The molecule has 0 saturated carbocycles. The Morgan fingerprint density at radius 3 is 2.17 bits per heavy atom. The number of hydrogen-bond acceptors (Lipinski definition) is 6. The molecule has 0 aliphatic rings. The third-order valence-corrected chi connectivity index (χ3v) is 7.18. The Bertz CT molecular complexity index is 1480. The van der Waals surface area contributed by atoms with Crippen LogP contribution in [0.2, 0.25) is 0 Å². The van der Waals surface area contributed by atoms with E-state index >= 15 is 0 Å². The number of thiophene rings is 1. The van der Waals surface area contributed by atoms with E-state index in [1.165, 1.54) is 16.9 Å². The second-order valence-corrected chi connectivity index (χ2v) is 10.1. The maximum atomic E-state index is 13.1. The number of benzene rings is 3. The number of ether oxygens (including phenoxy) is 2. The first kappa shape index (κ1) is 28.6. The summed E-state index contributed by atoms with van der Waals surface area (Å²) < 4.78 is 11.1. The summed E-state index contributed by atoms with van der Waals surface area (Å²) >= 11 is 1.27. The molecule has 206 valence electrons. The molecular formula is C32H32N2O5S. The zero-order valence-electron chi connectivity index (χ0n) is 22.9. The molecule has 40 heavy (non-hydrogen) atoms. The number of amides is 2. The Labute approximate surface area is 238 Å². The lowest BCUT2D eigenvalue weighted by Crippen LogP contribution is -2.30. The van der Waals surface area contributed by atoms with Crippen molar-refractivity contribution >= 4 is 39.8 Å². The highest BCUT2D eigenvalue weighted by Gasteiger charge is 2.23. The van der Waals surface area contributed by atoms with Gasteiger partial charge >= 0.3 is 5.97 Å². The molecule has 2 amide bonds. The number of hydrogen-bond donors (Lipinski definition) is 2. The van der Waals surface area contributed by atoms with Crippen LogP contribution in [0.15, 0.2) is 78.2 Å². The largest absolute Gasteiger partial charge is 0.481 e. The van der Waals surface area contributed by atoms with Crippen LogP contribution < -0.4 is 15.4 Å². The molecular weight excluding hydrogens is 524 g/mol. The standard InChI is InChI=1S/C32H32N2O5S/c1-5-22-9-15-25(16-10-22)33-29(35)21(4)39-26-17-13-24(14-18-26)30(36)34-31-28(32(37)38-6-2)27(19-40-31)23-11-7-20(3)8-12-23/h7-19,21H,5-6H2,1-4H3,(H,33,35)(H,34,36). The number of esters is 1. The van der Waals surface area contributed by atoms with Crippen LogP contribution in [0.1, 0.15) is 52.6 Å². The van der Waals surface area contributed by atoms with Crippen molar-refractivity contribution in [2.24, 2.45) is 0 Å². The lowest BCUT2D eigenvalue weighted by Gasteiger charge is -2.15. The summed E-state index contributed by atoms with van der Waals surface area (Å²) in [6.07, 6.45) is 0.180. The van der Waals surface area contributed by atoms with Crippen LogP contribution in [0.3, 0.4) is 0 Å². The summed E-state index contributed by atoms with van der Waals surface area (Å²) in [6.45, 7) is 7.69. The van der Waals surface area contributed by atoms with Crippen LogP contribution >= 0.6 is 11.3 Å². The van der Waals surface area contributed by atoms with Gasteiger partial charge < -0.3 is 20.1 Å². The first-order valence-electron chi connectivity index (χ1n) is 13.1. The van der Waals surface area contributed by atoms with Gasteiger partial charge in [-0.15, -0.1) is 11.3 Å². The van der Waals surface area contributed by atoms with Crippen molar-refractivity contribution in [1.29, 1.82) is 0 Å². The van der Waals surface area contributed by atoms with E-state index in [0.717, 1.165) is 17.5 Å². The third-order valence-electron chi connectivity index (χ3n) is 6.29. The maximum Gasteiger partial charge on any atom is 0.341 e. The van der Waals surface area contributed by atoms with Gasteiger partial charge in [0.1, 0.15) is 16.3 Å². The molecule has 8 heteroatoms. The van der Waals surface area contributed by atoms with E-state index in [1.54, 1.807) is 38.1 Å². The summed E-state index contributed by atoms with van der Waals surface area (Å²) in [5.41, 5.74) is 5.27. The van der Waals surface area contributed by atoms with E-state index < -0.39 is 12.1 Å². The van der Waals surface area contributed by atoms with E-state index in [-0.39, 0.29) is 18.4 Å². The van der Waals surface area contributed by atoms with Crippen molar-refractivity contribution < 1.29 is 23.9 Å². The van der Waals surface area contributed by atoms with Gasteiger partial charge in [0.2, 0.25) is 0 Å². The molecule has 1 unspecified atom stereocenters. The molecule has 1 aromatic heterocycles. The quantitative estimate of drug-likeness (QED) is 0.203. The van der Waals surface area contributed by atoms with Crippen molar-refractivity contribution in [2.75, 3.05) is 17.2 Å². The maximum absolute atomic E-state index is 13.1. The van der Waals surface area contributed by atoms with Gasteiger partial charge in [-0.05, 0) is 74.7 Å². The molecule has 1 atom stereocenters. The van der Waals surface area contributed by atoms with Crippen molar-refractivity contribution in [2.45, 2.75) is 40.2 Å². The van der Waals surface area contributed by atoms with Gasteiger partial charge in [0.25, 0.3) is 11.8 Å². The average molecular weight is 557 g/mol. The van der Waals surface area contributed by atoms with Crippen LogP contribution in [0.25, 0.3) is 11.1 Å². The SMILES string of the molecule is CCOC(=O)c1c(-c2ccc(C)cc2)csc1NC(=O)c1ccc(OC(C)C(=O)Nc2ccc(CC)cc2)cc1. The Hall–Kier alpha value is -4.43. The number of aryl methyl sites for hydroxylation is 2. The molecule has 0 spiro atoms. The minimum absolute atomic E-state index is 0.221. The molecule has 1 heterocycles. The summed E-state index contributed by atoms with van der Waals surface area (Å²) in [7, 11) is 0. The summed E-state index contributed by atoms with van der Waals surface area (Å²) in [4.78, 5) is 38.5. The molecule has 0 aliphatic heterocycles. The second kappa shape index (κ2) is 13.1. The smallest absolute Gasteiger partial charge is 0.341 e. The van der Waals surface area contributed by atoms with Crippen LogP contribution in [0, 0.1) is 6.92 Å². The van der Waals surface area contributed by atoms with Gasteiger partial charge in [-0.25, -0.2) is 4.79 Å². The first-order chi connectivity index (χ1) is 19.3. The average Bonchev–Trinajstić information content (AvgIpc) is 3.37. The van der Waals surface area contributed by atoms with Gasteiger partial charge in [-0.2, -0.15) is 0 Å². The van der Waals surface area contributed by atoms with Crippen molar-refractivity contribution in [3.63, 3.8) is 0 Å². The highest BCUT2D eigenvalue weighted by atomic mass is 32.1. The fraction of sp³-hybridized carbons (Fsp3) is 0.219. The van der Waals surface area contributed by atoms with Crippen LogP contribution in [0.4, 0.5) is 10.7 Å². The Morgan fingerprint density at radius 2 is 1.55 bits per heavy atom. The highest BCUT2D eigenvalue weighted by molar-refractivity contribution is 7.15. The van der Waals surface area contributed by atoms with Crippen LogP contribution in [0.5, 0.6) is 5.75 Å². The fourth-order valence-electron chi connectivity index (χ4n) is 3.99. The number of anilines is 2. The van der Waals surface area contributed by atoms with Gasteiger partial charge in [-0.1, -0.05) is 48.9 Å². The van der Waals surface area contributed by atoms with Gasteiger partial charge in [0.05, 0.1) is 6.61 Å². The first-order valence-corrected chi connectivity index (χ1v) is 14.0. The summed E-state index contributed by atoms with van der Waals surface area (Å²) in [5.74, 6) is -0.701. The second-order valence-electron chi connectivity index (χ2n) is 9.22. The number of nitrogens with one attached hydrogen (secondary N) is 2. The minimum atomic E-state index is -0.746. The minimum Gasteiger partial charge on any atom is -0.481 e. The molecule has 4 aromatic rings. The Kier molecular flexibility index (Phi) is 9.35. The third kappa shape index (κ3) is 6.95. The van der Waals surface area contributed by atoms with Gasteiger partial charge in [0, 0.05) is 22.2 Å². The Balaban J connectivity index is 1.43. The van der Waals surface area contributed by atoms with E-state index in [4.69, 9.17) is 9.47 Å². The van der Waals surface area contributed by atoms with E-state index in [2.05, 4.69) is 17.6 Å².